The zero-order valence-corrected chi connectivity index (χ0v) is 35.8. The van der Waals surface area contributed by atoms with Crippen LogP contribution in [0.25, 0.3) is 99.1 Å². The summed E-state index contributed by atoms with van der Waals surface area (Å²) in [5.41, 5.74) is 20.6. The van der Waals surface area contributed by atoms with Gasteiger partial charge in [0.25, 0.3) is 0 Å². The van der Waals surface area contributed by atoms with E-state index in [9.17, 15) is 0 Å². The van der Waals surface area contributed by atoms with E-state index >= 15 is 0 Å². The Kier molecular flexibility index (Phi) is 8.36. The third-order valence-corrected chi connectivity index (χ3v) is 15.1. The number of benzene rings is 8. The van der Waals surface area contributed by atoms with Gasteiger partial charge in [-0.15, -0.1) is 11.3 Å². The van der Waals surface area contributed by atoms with Gasteiger partial charge in [-0.2, -0.15) is 0 Å². The number of rotatable bonds is 5. The molecule has 63 heavy (non-hydrogen) atoms. The molecule has 0 fully saturated rings. The molecule has 3 aliphatic carbocycles. The number of hydrogen-bond donors (Lipinski definition) is 0. The molecular formula is C60H42N2S. The van der Waals surface area contributed by atoms with Gasteiger partial charge in [0, 0.05) is 37.4 Å². The molecule has 2 heterocycles. The maximum atomic E-state index is 5.79. The summed E-state index contributed by atoms with van der Waals surface area (Å²) >= 11 is 1.92. The molecule has 1 atom stereocenters. The van der Waals surface area contributed by atoms with E-state index in [1.165, 1.54) is 87.0 Å². The predicted molar refractivity (Wildman–Crippen MR) is 267 cm³/mol. The quantitative estimate of drug-likeness (QED) is 0.162. The van der Waals surface area contributed by atoms with Crippen molar-refractivity contribution in [2.24, 2.45) is 0 Å². The molecule has 298 valence electrons. The second kappa shape index (κ2) is 14.4. The molecule has 0 amide bonds. The Balaban J connectivity index is 1.06. The van der Waals surface area contributed by atoms with Gasteiger partial charge in [-0.1, -0.05) is 169 Å². The topological polar surface area (TPSA) is 25.8 Å². The highest BCUT2D eigenvalue weighted by atomic mass is 32.1. The first kappa shape index (κ1) is 36.5. The normalized spacial score (nSPS) is 15.4. The minimum absolute atomic E-state index is 0.132. The van der Waals surface area contributed by atoms with Gasteiger partial charge >= 0.3 is 0 Å². The first-order valence-corrected chi connectivity index (χ1v) is 23.1. The van der Waals surface area contributed by atoms with Gasteiger partial charge in [0.05, 0.1) is 22.4 Å². The molecule has 3 aliphatic rings. The summed E-state index contributed by atoms with van der Waals surface area (Å²) in [6.07, 6.45) is 13.7. The fourth-order valence-electron chi connectivity index (χ4n) is 11.0. The summed E-state index contributed by atoms with van der Waals surface area (Å²) in [5, 5.41) is 6.02. The minimum Gasteiger partial charge on any atom is -0.243 e. The van der Waals surface area contributed by atoms with Gasteiger partial charge in [-0.3, -0.25) is 0 Å². The molecule has 10 aromatic rings. The van der Waals surface area contributed by atoms with E-state index in [1.807, 2.05) is 11.3 Å². The van der Waals surface area contributed by atoms with Crippen LogP contribution in [0.4, 0.5) is 0 Å². The minimum atomic E-state index is 0.132. The monoisotopic (exact) mass is 822 g/mol. The highest BCUT2D eigenvalue weighted by Crippen LogP contribution is 2.53. The second-order valence-electron chi connectivity index (χ2n) is 17.4. The number of thiophene rings is 1. The molecule has 0 spiro atoms. The molecule has 2 nitrogen and oxygen atoms in total. The highest BCUT2D eigenvalue weighted by molar-refractivity contribution is 7.20. The summed E-state index contributed by atoms with van der Waals surface area (Å²) in [4.78, 5) is 13.0. The van der Waals surface area contributed by atoms with Crippen molar-refractivity contribution >= 4 is 65.7 Å². The Labute approximate surface area is 371 Å². The van der Waals surface area contributed by atoms with Gasteiger partial charge in [-0.05, 0) is 123 Å². The number of aryl methyl sites for hydroxylation is 2. The van der Waals surface area contributed by atoms with E-state index in [-0.39, 0.29) is 5.92 Å². The Bertz CT molecular complexity index is 3650. The Morgan fingerprint density at radius 3 is 1.89 bits per heavy atom. The molecule has 0 bridgehead atoms. The van der Waals surface area contributed by atoms with Crippen molar-refractivity contribution in [1.82, 2.24) is 9.97 Å². The van der Waals surface area contributed by atoms with Crippen LogP contribution < -0.4 is 0 Å². The Morgan fingerprint density at radius 2 is 1.10 bits per heavy atom. The van der Waals surface area contributed by atoms with E-state index < -0.39 is 0 Å². The van der Waals surface area contributed by atoms with Crippen LogP contribution >= 0.6 is 11.3 Å². The van der Waals surface area contributed by atoms with Crippen LogP contribution in [-0.4, -0.2) is 9.97 Å². The number of hydrogen-bond acceptors (Lipinski definition) is 3. The highest BCUT2D eigenvalue weighted by Gasteiger charge is 2.34. The van der Waals surface area contributed by atoms with Crippen molar-refractivity contribution in [2.45, 2.75) is 38.5 Å². The van der Waals surface area contributed by atoms with Crippen molar-refractivity contribution in [3.05, 3.63) is 214 Å². The van der Waals surface area contributed by atoms with Crippen molar-refractivity contribution in [2.75, 3.05) is 0 Å². The van der Waals surface area contributed by atoms with Gasteiger partial charge < -0.3 is 0 Å². The third-order valence-electron chi connectivity index (χ3n) is 13.9. The molecule has 13 rings (SSSR count). The third kappa shape index (κ3) is 5.69. The Hall–Kier alpha value is -7.20. The first-order chi connectivity index (χ1) is 31.2. The van der Waals surface area contributed by atoms with Crippen LogP contribution in [0.3, 0.4) is 0 Å². The maximum Gasteiger partial charge on any atom is 0.0979 e. The number of aromatic nitrogens is 2. The molecule has 0 saturated heterocycles. The zero-order valence-electron chi connectivity index (χ0n) is 35.0. The second-order valence-corrected chi connectivity index (χ2v) is 18.4. The molecule has 0 aliphatic heterocycles. The number of fused-ring (bicyclic) bond motifs is 11. The van der Waals surface area contributed by atoms with Crippen molar-refractivity contribution in [1.29, 1.82) is 0 Å². The zero-order chi connectivity index (χ0) is 41.6. The van der Waals surface area contributed by atoms with Crippen LogP contribution in [0.2, 0.25) is 0 Å². The van der Waals surface area contributed by atoms with E-state index in [0.29, 0.717) is 0 Å². The smallest absolute Gasteiger partial charge is 0.0979 e. The lowest BCUT2D eigenvalue weighted by Crippen LogP contribution is -2.05. The van der Waals surface area contributed by atoms with Crippen LogP contribution in [-0.2, 0) is 6.42 Å². The molecular weight excluding hydrogens is 781 g/mol. The molecule has 3 heteroatoms. The molecule has 0 radical (unpaired) electrons. The lowest BCUT2D eigenvalue weighted by atomic mass is 9.80. The molecule has 8 aromatic carbocycles. The molecule has 0 saturated carbocycles. The first-order valence-electron chi connectivity index (χ1n) is 22.3. The lowest BCUT2D eigenvalue weighted by molar-refractivity contribution is 0.858. The summed E-state index contributed by atoms with van der Waals surface area (Å²) in [6, 6.07) is 58.3. The lowest BCUT2D eigenvalue weighted by Gasteiger charge is -2.23. The maximum absolute atomic E-state index is 5.79. The van der Waals surface area contributed by atoms with Crippen LogP contribution in [0, 0.1) is 6.92 Å². The summed E-state index contributed by atoms with van der Waals surface area (Å²) in [7, 11) is 0. The Morgan fingerprint density at radius 1 is 0.476 bits per heavy atom. The van der Waals surface area contributed by atoms with E-state index in [2.05, 4.69) is 189 Å². The van der Waals surface area contributed by atoms with Crippen molar-refractivity contribution in [3.8, 4) is 44.8 Å². The number of allylic oxidation sites excluding steroid dienone is 5. The van der Waals surface area contributed by atoms with E-state index in [0.717, 1.165) is 70.0 Å². The molecule has 1 unspecified atom stereocenters. The van der Waals surface area contributed by atoms with Crippen LogP contribution in [0.5, 0.6) is 0 Å². The van der Waals surface area contributed by atoms with Crippen molar-refractivity contribution in [3.63, 3.8) is 0 Å². The number of nitrogens with zero attached hydrogens (tertiary/aromatic N) is 2. The average Bonchev–Trinajstić information content (AvgIpc) is 3.89. The summed E-state index contributed by atoms with van der Waals surface area (Å²) < 4.78 is 1.36. The van der Waals surface area contributed by atoms with Gasteiger partial charge in [0.2, 0.25) is 0 Å². The van der Waals surface area contributed by atoms with Crippen LogP contribution in [0.1, 0.15) is 57.9 Å². The summed E-state index contributed by atoms with van der Waals surface area (Å²) in [5.74, 6) is 0.132. The predicted octanol–water partition coefficient (Wildman–Crippen LogP) is 16.3. The van der Waals surface area contributed by atoms with Crippen LogP contribution in [0.15, 0.2) is 182 Å². The fourth-order valence-corrected chi connectivity index (χ4v) is 12.3. The van der Waals surface area contributed by atoms with E-state index in [1.54, 1.807) is 0 Å². The molecule has 0 N–H and O–H groups in total. The SMILES string of the molecule is Cc1ccccc1-c1ccccc1C1C2=C(C=CCC2)c2ccc(-c3nc4c5ccccc5c5ccccc5c4nc3-c3cccc(-c4cccc5c6c(sc45)C=CCC6)c3)cc21. The van der Waals surface area contributed by atoms with Gasteiger partial charge in [-0.25, -0.2) is 9.97 Å². The van der Waals surface area contributed by atoms with Crippen molar-refractivity contribution < 1.29 is 0 Å². The fraction of sp³-hybridized carbons (Fsp3) is 0.100. The van der Waals surface area contributed by atoms with Gasteiger partial charge in [0.1, 0.15) is 0 Å². The average molecular weight is 823 g/mol. The van der Waals surface area contributed by atoms with E-state index in [4.69, 9.17) is 9.97 Å². The standard InChI is InChI=1S/C60H42N2S/c1-36-16-2-3-19-40(36)42-20-4-8-25-48(42)55-49-26-9-5-21-43(49)46-33-32-39(35-53(46)55)57-56(61-58-50-27-10-6-22-44(50)45-23-7-11-28-51(45)59(58)62-57)38-18-14-17-37(34-38)41-29-15-30-52-47-24-12-13-31-54(47)63-60(41)52/h2-8,10-11,13-23,25,27-35,55H,9,12,24,26H2,1H3. The molecule has 2 aromatic heterocycles. The summed E-state index contributed by atoms with van der Waals surface area (Å²) in [6.45, 7) is 2.23. The largest absolute Gasteiger partial charge is 0.243 e. The van der Waals surface area contributed by atoms with Gasteiger partial charge in [0.15, 0.2) is 0 Å².